The first-order valence-corrected chi connectivity index (χ1v) is 8.28. The molecule has 3 aromatic carbocycles. The van der Waals surface area contributed by atoms with Crippen molar-refractivity contribution in [3.63, 3.8) is 0 Å². The summed E-state index contributed by atoms with van der Waals surface area (Å²) in [5.41, 5.74) is 2.66. The maximum Gasteiger partial charge on any atom is 0.234 e. The molecule has 0 aliphatic carbocycles. The van der Waals surface area contributed by atoms with Gasteiger partial charge in [0.05, 0.1) is 5.92 Å². The minimum absolute atomic E-state index is 0.000605. The number of aromatic hydroxyl groups is 1. The lowest BCUT2D eigenvalue weighted by molar-refractivity contribution is -0.131. The second-order valence-corrected chi connectivity index (χ2v) is 6.08. The SMILES string of the molecule is CN(Cc1ccccc1O)C(=O)C(c1ccccc1)c1ccccc1. The van der Waals surface area contributed by atoms with Crippen LogP contribution in [0.1, 0.15) is 22.6 Å². The summed E-state index contributed by atoms with van der Waals surface area (Å²) in [4.78, 5) is 14.9. The topological polar surface area (TPSA) is 40.5 Å². The normalized spacial score (nSPS) is 10.6. The molecule has 0 fully saturated rings. The summed E-state index contributed by atoms with van der Waals surface area (Å²) in [5.74, 6) is -0.156. The fraction of sp³-hybridized carbons (Fsp3) is 0.136. The molecule has 0 spiro atoms. The quantitative estimate of drug-likeness (QED) is 0.762. The van der Waals surface area contributed by atoms with Crippen LogP contribution in [0.2, 0.25) is 0 Å². The van der Waals surface area contributed by atoms with Gasteiger partial charge in [-0.2, -0.15) is 0 Å². The number of amides is 1. The average molecular weight is 331 g/mol. The van der Waals surface area contributed by atoms with Crippen molar-refractivity contribution in [1.29, 1.82) is 0 Å². The highest BCUT2D eigenvalue weighted by Crippen LogP contribution is 2.27. The summed E-state index contributed by atoms with van der Waals surface area (Å²) in [6.45, 7) is 0.363. The van der Waals surface area contributed by atoms with Gasteiger partial charge in [0.15, 0.2) is 0 Å². The molecular formula is C22H21NO2. The van der Waals surface area contributed by atoms with Crippen molar-refractivity contribution in [1.82, 2.24) is 4.90 Å². The van der Waals surface area contributed by atoms with Gasteiger partial charge in [0, 0.05) is 19.2 Å². The zero-order valence-electron chi connectivity index (χ0n) is 14.2. The van der Waals surface area contributed by atoms with E-state index in [0.29, 0.717) is 6.54 Å². The molecule has 0 saturated carbocycles. The second-order valence-electron chi connectivity index (χ2n) is 6.08. The zero-order chi connectivity index (χ0) is 17.6. The van der Waals surface area contributed by atoms with Crippen molar-refractivity contribution in [2.45, 2.75) is 12.5 Å². The standard InChI is InChI=1S/C22H21NO2/c1-23(16-19-14-8-9-15-20(19)24)22(25)21(17-10-4-2-5-11-17)18-12-6-3-7-13-18/h2-15,21,24H,16H2,1H3. The molecule has 0 aliphatic heterocycles. The van der Waals surface area contributed by atoms with Gasteiger partial charge in [-0.05, 0) is 17.2 Å². The van der Waals surface area contributed by atoms with E-state index in [0.717, 1.165) is 16.7 Å². The van der Waals surface area contributed by atoms with Crippen LogP contribution in [-0.2, 0) is 11.3 Å². The molecule has 0 heterocycles. The van der Waals surface area contributed by atoms with E-state index < -0.39 is 0 Å². The molecule has 0 bridgehead atoms. The van der Waals surface area contributed by atoms with Gasteiger partial charge in [0.1, 0.15) is 5.75 Å². The van der Waals surface area contributed by atoms with E-state index in [-0.39, 0.29) is 17.6 Å². The van der Waals surface area contributed by atoms with Crippen LogP contribution < -0.4 is 0 Å². The Morgan fingerprint density at radius 2 is 1.32 bits per heavy atom. The molecule has 0 unspecified atom stereocenters. The van der Waals surface area contributed by atoms with Crippen molar-refractivity contribution in [3.05, 3.63) is 102 Å². The molecule has 0 aliphatic rings. The Labute approximate surface area is 148 Å². The fourth-order valence-electron chi connectivity index (χ4n) is 2.97. The predicted molar refractivity (Wildman–Crippen MR) is 99.3 cm³/mol. The van der Waals surface area contributed by atoms with Crippen molar-refractivity contribution in [2.24, 2.45) is 0 Å². The van der Waals surface area contributed by atoms with Gasteiger partial charge in [0.2, 0.25) is 5.91 Å². The number of hydrogen-bond acceptors (Lipinski definition) is 2. The van der Waals surface area contributed by atoms with Crippen LogP contribution in [0, 0.1) is 0 Å². The van der Waals surface area contributed by atoms with Crippen molar-refractivity contribution in [3.8, 4) is 5.75 Å². The van der Waals surface area contributed by atoms with Gasteiger partial charge in [0.25, 0.3) is 0 Å². The third kappa shape index (κ3) is 3.89. The van der Waals surface area contributed by atoms with Crippen LogP contribution in [-0.4, -0.2) is 23.0 Å². The average Bonchev–Trinajstić information content (AvgIpc) is 2.65. The van der Waals surface area contributed by atoms with Crippen molar-refractivity contribution in [2.75, 3.05) is 7.05 Å². The summed E-state index contributed by atoms with van der Waals surface area (Å²) in [5, 5.41) is 9.98. The number of rotatable bonds is 5. The predicted octanol–water partition coefficient (Wildman–Crippen LogP) is 4.18. The number of phenols is 1. The van der Waals surface area contributed by atoms with Crippen molar-refractivity contribution >= 4 is 5.91 Å². The lowest BCUT2D eigenvalue weighted by Crippen LogP contribution is -2.32. The van der Waals surface area contributed by atoms with E-state index >= 15 is 0 Å². The Morgan fingerprint density at radius 3 is 1.84 bits per heavy atom. The number of hydrogen-bond donors (Lipinski definition) is 1. The van der Waals surface area contributed by atoms with E-state index in [1.165, 1.54) is 0 Å². The van der Waals surface area contributed by atoms with E-state index in [9.17, 15) is 9.90 Å². The van der Waals surface area contributed by atoms with Crippen LogP contribution >= 0.6 is 0 Å². The number of carbonyl (C=O) groups excluding carboxylic acids is 1. The third-order valence-electron chi connectivity index (χ3n) is 4.29. The Hall–Kier alpha value is -3.07. The Morgan fingerprint density at radius 1 is 0.840 bits per heavy atom. The Balaban J connectivity index is 1.90. The number of nitrogens with zero attached hydrogens (tertiary/aromatic N) is 1. The monoisotopic (exact) mass is 331 g/mol. The number of phenolic OH excluding ortho intramolecular Hbond substituents is 1. The van der Waals surface area contributed by atoms with Crippen molar-refractivity contribution < 1.29 is 9.90 Å². The van der Waals surface area contributed by atoms with E-state index in [1.54, 1.807) is 24.1 Å². The molecule has 0 radical (unpaired) electrons. The summed E-state index contributed by atoms with van der Waals surface area (Å²) in [6, 6.07) is 26.7. The molecule has 0 aromatic heterocycles. The van der Waals surface area contributed by atoms with E-state index in [4.69, 9.17) is 0 Å². The molecule has 3 aromatic rings. The molecule has 1 N–H and O–H groups in total. The minimum atomic E-state index is -0.363. The molecule has 0 saturated heterocycles. The van der Waals surface area contributed by atoms with Gasteiger partial charge in [-0.3, -0.25) is 4.79 Å². The molecule has 3 rings (SSSR count). The lowest BCUT2D eigenvalue weighted by Gasteiger charge is -2.25. The zero-order valence-corrected chi connectivity index (χ0v) is 14.2. The number of benzene rings is 3. The first-order valence-electron chi connectivity index (χ1n) is 8.28. The molecule has 0 atom stereocenters. The van der Waals surface area contributed by atoms with Gasteiger partial charge in [-0.1, -0.05) is 78.9 Å². The minimum Gasteiger partial charge on any atom is -0.508 e. The van der Waals surface area contributed by atoms with Crippen LogP contribution in [0.25, 0.3) is 0 Å². The molecule has 1 amide bonds. The summed E-state index contributed by atoms with van der Waals surface area (Å²) < 4.78 is 0. The van der Waals surface area contributed by atoms with Crippen LogP contribution in [0.5, 0.6) is 5.75 Å². The first kappa shape index (κ1) is 16.8. The van der Waals surface area contributed by atoms with Crippen LogP contribution in [0.15, 0.2) is 84.9 Å². The maximum absolute atomic E-state index is 13.2. The molecular weight excluding hydrogens is 310 g/mol. The molecule has 3 nitrogen and oxygen atoms in total. The smallest absolute Gasteiger partial charge is 0.234 e. The Bertz CT molecular complexity index is 791. The van der Waals surface area contributed by atoms with Gasteiger partial charge >= 0.3 is 0 Å². The van der Waals surface area contributed by atoms with E-state index in [2.05, 4.69) is 0 Å². The lowest BCUT2D eigenvalue weighted by atomic mass is 9.90. The fourth-order valence-corrected chi connectivity index (χ4v) is 2.97. The highest BCUT2D eigenvalue weighted by Gasteiger charge is 2.25. The number of para-hydroxylation sites is 1. The van der Waals surface area contributed by atoms with E-state index in [1.807, 2.05) is 72.8 Å². The summed E-state index contributed by atoms with van der Waals surface area (Å²) >= 11 is 0. The van der Waals surface area contributed by atoms with Gasteiger partial charge < -0.3 is 10.0 Å². The number of carbonyl (C=O) groups is 1. The largest absolute Gasteiger partial charge is 0.508 e. The van der Waals surface area contributed by atoms with Gasteiger partial charge in [-0.25, -0.2) is 0 Å². The molecule has 3 heteroatoms. The Kier molecular flexibility index (Phi) is 5.14. The molecule has 126 valence electrons. The summed E-state index contributed by atoms with van der Waals surface area (Å²) in [7, 11) is 1.77. The molecule has 25 heavy (non-hydrogen) atoms. The third-order valence-corrected chi connectivity index (χ3v) is 4.29. The van der Waals surface area contributed by atoms with Crippen LogP contribution in [0.3, 0.4) is 0 Å². The number of likely N-dealkylation sites (N-methyl/N-ethyl adjacent to an activating group) is 1. The summed E-state index contributed by atoms with van der Waals surface area (Å²) in [6.07, 6.45) is 0. The van der Waals surface area contributed by atoms with Gasteiger partial charge in [-0.15, -0.1) is 0 Å². The second kappa shape index (κ2) is 7.67. The van der Waals surface area contributed by atoms with Crippen LogP contribution in [0.4, 0.5) is 0 Å². The first-order chi connectivity index (χ1) is 12.2. The maximum atomic E-state index is 13.2. The highest BCUT2D eigenvalue weighted by atomic mass is 16.3. The highest BCUT2D eigenvalue weighted by molar-refractivity contribution is 5.87.